The number of ether oxygens (including phenoxy) is 1. The lowest BCUT2D eigenvalue weighted by molar-refractivity contribution is 0.0132. The molecular weight excluding hydrogens is 354 g/mol. The van der Waals surface area contributed by atoms with Gasteiger partial charge >= 0.3 is 0 Å². The van der Waals surface area contributed by atoms with Crippen LogP contribution in [-0.4, -0.2) is 71.1 Å². The van der Waals surface area contributed by atoms with Crippen LogP contribution < -0.4 is 10.6 Å². The second-order valence-corrected chi connectivity index (χ2v) is 8.15. The number of fused-ring (bicyclic) bond motifs is 1. The van der Waals surface area contributed by atoms with Crippen LogP contribution in [0, 0.1) is 5.92 Å². The van der Waals surface area contributed by atoms with Gasteiger partial charge in [0, 0.05) is 45.2 Å². The zero-order chi connectivity index (χ0) is 19.8. The molecule has 0 aliphatic carbocycles. The number of rotatable bonds is 8. The number of aryl methyl sites for hydroxylation is 1. The van der Waals surface area contributed by atoms with E-state index in [0.717, 1.165) is 70.0 Å². The Morgan fingerprint density at radius 1 is 1.14 bits per heavy atom. The summed E-state index contributed by atoms with van der Waals surface area (Å²) in [5, 5.41) is 15.6. The van der Waals surface area contributed by atoms with E-state index in [1.165, 1.54) is 19.3 Å². The summed E-state index contributed by atoms with van der Waals surface area (Å²) in [6.07, 6.45) is 4.62. The van der Waals surface area contributed by atoms with Gasteiger partial charge in [0.2, 0.25) is 0 Å². The number of hydrogen-bond acceptors (Lipinski definition) is 5. The number of morpholine rings is 1. The molecule has 28 heavy (non-hydrogen) atoms. The Morgan fingerprint density at radius 2 is 1.96 bits per heavy atom. The van der Waals surface area contributed by atoms with Gasteiger partial charge in [-0.05, 0) is 32.1 Å². The van der Waals surface area contributed by atoms with Crippen molar-refractivity contribution in [1.82, 2.24) is 30.3 Å². The predicted octanol–water partition coefficient (Wildman–Crippen LogP) is 1.42. The summed E-state index contributed by atoms with van der Waals surface area (Å²) < 4.78 is 7.77. The maximum absolute atomic E-state index is 5.53. The number of aliphatic imine (C=N–C) groups is 1. The third-order valence-corrected chi connectivity index (χ3v) is 5.47. The van der Waals surface area contributed by atoms with Gasteiger partial charge in [0.15, 0.2) is 11.8 Å². The van der Waals surface area contributed by atoms with Crippen LogP contribution in [0.4, 0.5) is 0 Å². The molecule has 3 heterocycles. The molecule has 0 amide bonds. The predicted molar refractivity (Wildman–Crippen MR) is 111 cm³/mol. The van der Waals surface area contributed by atoms with Crippen molar-refractivity contribution in [2.75, 3.05) is 39.4 Å². The van der Waals surface area contributed by atoms with E-state index in [-0.39, 0.29) is 0 Å². The van der Waals surface area contributed by atoms with Crippen molar-refractivity contribution in [1.29, 1.82) is 0 Å². The lowest BCUT2D eigenvalue weighted by atomic mass is 10.0. The first-order valence-electron chi connectivity index (χ1n) is 10.9. The van der Waals surface area contributed by atoms with Crippen molar-refractivity contribution in [2.45, 2.75) is 65.6 Å². The standard InChI is InChI=1S/C20H37N7O/c1-4-21-20(23-15-19-25-24-18-7-5-6-8-27(18)19)22-14-17(13-16(2)3)26-9-11-28-12-10-26/h16-17H,4-15H2,1-3H3,(H2,21,22,23). The average molecular weight is 392 g/mol. The molecule has 0 spiro atoms. The molecule has 1 aromatic heterocycles. The largest absolute Gasteiger partial charge is 0.379 e. The van der Waals surface area contributed by atoms with Gasteiger partial charge in [-0.2, -0.15) is 0 Å². The minimum Gasteiger partial charge on any atom is -0.379 e. The van der Waals surface area contributed by atoms with Gasteiger partial charge in [-0.15, -0.1) is 10.2 Å². The Kier molecular flexibility index (Phi) is 8.09. The molecule has 1 atom stereocenters. The first-order valence-corrected chi connectivity index (χ1v) is 10.9. The van der Waals surface area contributed by atoms with Crippen LogP contribution in [-0.2, 0) is 24.2 Å². The van der Waals surface area contributed by atoms with E-state index < -0.39 is 0 Å². The van der Waals surface area contributed by atoms with E-state index in [0.29, 0.717) is 18.5 Å². The molecule has 1 aromatic rings. The summed E-state index contributed by atoms with van der Waals surface area (Å²) in [5.41, 5.74) is 0. The molecule has 0 saturated carbocycles. The molecule has 1 saturated heterocycles. The maximum atomic E-state index is 5.53. The normalized spacial score (nSPS) is 19.5. The van der Waals surface area contributed by atoms with E-state index in [1.807, 2.05) is 0 Å². The van der Waals surface area contributed by atoms with Gasteiger partial charge in [0.05, 0.1) is 13.2 Å². The number of nitrogens with one attached hydrogen (secondary N) is 2. The number of nitrogens with zero attached hydrogens (tertiary/aromatic N) is 5. The zero-order valence-electron chi connectivity index (χ0n) is 17.8. The summed E-state index contributed by atoms with van der Waals surface area (Å²) in [4.78, 5) is 7.34. The molecule has 1 fully saturated rings. The molecule has 2 N–H and O–H groups in total. The van der Waals surface area contributed by atoms with E-state index in [9.17, 15) is 0 Å². The van der Waals surface area contributed by atoms with Crippen molar-refractivity contribution in [3.05, 3.63) is 11.6 Å². The van der Waals surface area contributed by atoms with Gasteiger partial charge in [0.25, 0.3) is 0 Å². The second-order valence-electron chi connectivity index (χ2n) is 8.15. The monoisotopic (exact) mass is 391 g/mol. The highest BCUT2D eigenvalue weighted by molar-refractivity contribution is 5.79. The van der Waals surface area contributed by atoms with Gasteiger partial charge in [-0.3, -0.25) is 4.90 Å². The number of aromatic nitrogens is 3. The van der Waals surface area contributed by atoms with Crippen molar-refractivity contribution in [3.63, 3.8) is 0 Å². The molecule has 0 radical (unpaired) electrons. The minimum atomic E-state index is 0.494. The molecule has 0 bridgehead atoms. The lowest BCUT2D eigenvalue weighted by Crippen LogP contribution is -2.51. The van der Waals surface area contributed by atoms with Crippen LogP contribution in [0.25, 0.3) is 0 Å². The van der Waals surface area contributed by atoms with Crippen molar-refractivity contribution < 1.29 is 4.74 Å². The summed E-state index contributed by atoms with van der Waals surface area (Å²) in [5.74, 6) is 3.60. The lowest BCUT2D eigenvalue weighted by Gasteiger charge is -2.35. The average Bonchev–Trinajstić information content (AvgIpc) is 3.12. The number of guanidine groups is 1. The molecule has 2 aliphatic rings. The summed E-state index contributed by atoms with van der Waals surface area (Å²) >= 11 is 0. The van der Waals surface area contributed by atoms with Crippen LogP contribution in [0.15, 0.2) is 4.99 Å². The van der Waals surface area contributed by atoms with E-state index >= 15 is 0 Å². The first-order chi connectivity index (χ1) is 13.7. The fraction of sp³-hybridized carbons (Fsp3) is 0.850. The van der Waals surface area contributed by atoms with E-state index in [4.69, 9.17) is 9.73 Å². The van der Waals surface area contributed by atoms with Crippen molar-refractivity contribution in [3.8, 4) is 0 Å². The SMILES string of the molecule is CCNC(=NCc1nnc2n1CCCC2)NCC(CC(C)C)N1CCOCC1. The van der Waals surface area contributed by atoms with Crippen LogP contribution >= 0.6 is 0 Å². The van der Waals surface area contributed by atoms with Crippen molar-refractivity contribution >= 4 is 5.96 Å². The molecule has 0 aromatic carbocycles. The Balaban J connectivity index is 1.60. The molecular formula is C20H37N7O. The topological polar surface area (TPSA) is 79.6 Å². The molecule has 8 heteroatoms. The maximum Gasteiger partial charge on any atom is 0.191 e. The smallest absolute Gasteiger partial charge is 0.191 e. The molecule has 1 unspecified atom stereocenters. The highest BCUT2D eigenvalue weighted by Crippen LogP contribution is 2.15. The van der Waals surface area contributed by atoms with Crippen LogP contribution in [0.5, 0.6) is 0 Å². The summed E-state index contributed by atoms with van der Waals surface area (Å²) in [7, 11) is 0. The Morgan fingerprint density at radius 3 is 2.71 bits per heavy atom. The van der Waals surface area contributed by atoms with Gasteiger partial charge in [-0.25, -0.2) is 4.99 Å². The Labute approximate surface area is 169 Å². The minimum absolute atomic E-state index is 0.494. The Bertz CT molecular complexity index is 622. The fourth-order valence-corrected chi connectivity index (χ4v) is 4.04. The van der Waals surface area contributed by atoms with Gasteiger partial charge in [0.1, 0.15) is 12.4 Å². The third kappa shape index (κ3) is 5.91. The van der Waals surface area contributed by atoms with Gasteiger partial charge in [-0.1, -0.05) is 13.8 Å². The quantitative estimate of drug-likeness (QED) is 0.515. The summed E-state index contributed by atoms with van der Waals surface area (Å²) in [6.45, 7) is 13.7. The van der Waals surface area contributed by atoms with E-state index in [1.54, 1.807) is 0 Å². The second kappa shape index (κ2) is 10.8. The summed E-state index contributed by atoms with van der Waals surface area (Å²) in [6, 6.07) is 0.494. The van der Waals surface area contributed by atoms with Crippen LogP contribution in [0.1, 0.15) is 51.7 Å². The number of hydrogen-bond donors (Lipinski definition) is 2. The zero-order valence-corrected chi connectivity index (χ0v) is 17.8. The highest BCUT2D eigenvalue weighted by Gasteiger charge is 2.22. The van der Waals surface area contributed by atoms with E-state index in [2.05, 4.69) is 51.1 Å². The third-order valence-electron chi connectivity index (χ3n) is 5.47. The molecule has 158 valence electrons. The van der Waals surface area contributed by atoms with Crippen LogP contribution in [0.2, 0.25) is 0 Å². The van der Waals surface area contributed by atoms with Gasteiger partial charge < -0.3 is 19.9 Å². The first kappa shape index (κ1) is 21.0. The highest BCUT2D eigenvalue weighted by atomic mass is 16.5. The van der Waals surface area contributed by atoms with Crippen molar-refractivity contribution in [2.24, 2.45) is 10.9 Å². The Hall–Kier alpha value is -1.67. The van der Waals surface area contributed by atoms with Crippen LogP contribution in [0.3, 0.4) is 0 Å². The molecule has 2 aliphatic heterocycles. The fourth-order valence-electron chi connectivity index (χ4n) is 4.04. The molecule has 8 nitrogen and oxygen atoms in total. The molecule has 3 rings (SSSR count).